The van der Waals surface area contributed by atoms with Crippen LogP contribution < -0.4 is 5.73 Å². The van der Waals surface area contributed by atoms with Crippen LogP contribution in [-0.4, -0.2) is 37.9 Å². The predicted molar refractivity (Wildman–Crippen MR) is 108 cm³/mol. The van der Waals surface area contributed by atoms with Gasteiger partial charge in [-0.25, -0.2) is 15.0 Å². The van der Waals surface area contributed by atoms with Gasteiger partial charge in [-0.2, -0.15) is 0 Å². The standard InChI is InChI=1S/C19H17BN6O/c21-18-17-19(23-10-22-18)25(11-24-17)12-27-9-20-26-15-7-3-1-5-13(15)14-6-2-4-8-16(14)26/h1-8,10-11,20H,9,12H2,(H2,21,22,23). The number of anilines is 1. The van der Waals surface area contributed by atoms with Crippen LogP contribution in [0, 0.1) is 0 Å². The Bertz CT molecular complexity index is 1210. The number of nitrogen functional groups attached to an aromatic ring is 1. The number of nitrogens with zero attached hydrogens (tertiary/aromatic N) is 5. The molecule has 2 aromatic carbocycles. The number of hydrogen-bond acceptors (Lipinski definition) is 5. The molecule has 0 atom stereocenters. The Labute approximate surface area is 155 Å². The Morgan fingerprint density at radius 1 is 0.926 bits per heavy atom. The number of benzene rings is 2. The first-order valence-corrected chi connectivity index (χ1v) is 8.78. The van der Waals surface area contributed by atoms with E-state index in [-0.39, 0.29) is 0 Å². The topological polar surface area (TPSA) is 83.8 Å². The van der Waals surface area contributed by atoms with Crippen LogP contribution in [0.1, 0.15) is 0 Å². The molecule has 0 aliphatic carbocycles. The number of nitrogens with two attached hydrogens (primary N) is 1. The second-order valence-corrected chi connectivity index (χ2v) is 6.37. The highest BCUT2D eigenvalue weighted by Gasteiger charge is 2.11. The lowest BCUT2D eigenvalue weighted by molar-refractivity contribution is 0.115. The first-order chi connectivity index (χ1) is 13.3. The van der Waals surface area contributed by atoms with Gasteiger partial charge in [0.25, 0.3) is 7.41 Å². The molecule has 3 aromatic heterocycles. The van der Waals surface area contributed by atoms with Crippen molar-refractivity contribution in [2.75, 3.05) is 12.2 Å². The number of para-hydroxylation sites is 2. The molecular weight excluding hydrogens is 339 g/mol. The molecule has 0 unspecified atom stereocenters. The summed E-state index contributed by atoms with van der Waals surface area (Å²) in [5.74, 6) is 0.379. The van der Waals surface area contributed by atoms with Crippen LogP contribution in [0.4, 0.5) is 5.82 Å². The summed E-state index contributed by atoms with van der Waals surface area (Å²) in [6.07, 6.45) is 3.12. The lowest BCUT2D eigenvalue weighted by Gasteiger charge is -2.08. The van der Waals surface area contributed by atoms with E-state index in [1.54, 1.807) is 6.33 Å². The maximum atomic E-state index is 5.90. The van der Waals surface area contributed by atoms with Crippen molar-refractivity contribution in [3.05, 3.63) is 61.2 Å². The number of fused-ring (bicyclic) bond motifs is 4. The van der Waals surface area contributed by atoms with E-state index in [4.69, 9.17) is 10.5 Å². The Morgan fingerprint density at radius 3 is 2.37 bits per heavy atom. The summed E-state index contributed by atoms with van der Waals surface area (Å²) >= 11 is 0. The lowest BCUT2D eigenvalue weighted by Crippen LogP contribution is -2.15. The van der Waals surface area contributed by atoms with Gasteiger partial charge in [0.2, 0.25) is 0 Å². The minimum Gasteiger partial charge on any atom is -0.387 e. The summed E-state index contributed by atoms with van der Waals surface area (Å²) in [6, 6.07) is 16.9. The van der Waals surface area contributed by atoms with Gasteiger partial charge in [-0.15, -0.1) is 0 Å². The number of imidazole rings is 1. The molecule has 8 heteroatoms. The maximum absolute atomic E-state index is 5.90. The van der Waals surface area contributed by atoms with E-state index in [0.717, 1.165) is 7.41 Å². The molecule has 27 heavy (non-hydrogen) atoms. The minimum absolute atomic E-state index is 0.365. The molecule has 5 aromatic rings. The first kappa shape index (κ1) is 15.8. The monoisotopic (exact) mass is 356 g/mol. The Kier molecular flexibility index (Phi) is 3.76. The van der Waals surface area contributed by atoms with E-state index < -0.39 is 0 Å². The number of ether oxygens (including phenoxy) is 1. The van der Waals surface area contributed by atoms with E-state index in [1.165, 1.54) is 28.1 Å². The molecular formula is C19H17BN6O. The van der Waals surface area contributed by atoms with E-state index in [0.29, 0.717) is 30.2 Å². The van der Waals surface area contributed by atoms with Crippen molar-refractivity contribution in [2.45, 2.75) is 6.73 Å². The molecule has 0 aliphatic rings. The molecule has 7 nitrogen and oxygen atoms in total. The zero-order chi connectivity index (χ0) is 18.2. The molecule has 0 fully saturated rings. The van der Waals surface area contributed by atoms with Crippen molar-refractivity contribution in [3.8, 4) is 0 Å². The van der Waals surface area contributed by atoms with Crippen LogP contribution in [0.2, 0.25) is 0 Å². The van der Waals surface area contributed by atoms with E-state index in [9.17, 15) is 0 Å². The molecule has 3 heterocycles. The zero-order valence-electron chi connectivity index (χ0n) is 14.6. The quantitative estimate of drug-likeness (QED) is 0.386. The summed E-state index contributed by atoms with van der Waals surface area (Å²) in [5.41, 5.74) is 9.54. The van der Waals surface area contributed by atoms with E-state index >= 15 is 0 Å². The van der Waals surface area contributed by atoms with Gasteiger partial charge in [-0.3, -0.25) is 4.57 Å². The molecule has 0 saturated heterocycles. The smallest absolute Gasteiger partial charge is 0.268 e. The van der Waals surface area contributed by atoms with Crippen molar-refractivity contribution >= 4 is 46.2 Å². The van der Waals surface area contributed by atoms with Gasteiger partial charge in [0, 0.05) is 28.3 Å². The van der Waals surface area contributed by atoms with Crippen molar-refractivity contribution < 1.29 is 4.74 Å². The fourth-order valence-electron chi connectivity index (χ4n) is 3.56. The molecule has 5 rings (SSSR count). The van der Waals surface area contributed by atoms with Gasteiger partial charge < -0.3 is 14.9 Å². The van der Waals surface area contributed by atoms with Gasteiger partial charge in [0.05, 0.1) is 6.33 Å². The molecule has 2 N–H and O–H groups in total. The number of hydrogen-bond donors (Lipinski definition) is 1. The van der Waals surface area contributed by atoms with Crippen LogP contribution in [0.15, 0.2) is 61.2 Å². The van der Waals surface area contributed by atoms with Gasteiger partial charge in [0.15, 0.2) is 11.5 Å². The maximum Gasteiger partial charge on any atom is 0.268 e. The first-order valence-electron chi connectivity index (χ1n) is 8.78. The third-order valence-corrected chi connectivity index (χ3v) is 4.80. The van der Waals surface area contributed by atoms with Gasteiger partial charge >= 0.3 is 0 Å². The zero-order valence-corrected chi connectivity index (χ0v) is 14.6. The summed E-state index contributed by atoms with van der Waals surface area (Å²) in [5, 5.41) is 2.53. The SMILES string of the molecule is Nc1ncnc2c1ncn2COCBn1c2ccccc2c2ccccc21. The fourth-order valence-corrected chi connectivity index (χ4v) is 3.56. The Balaban J connectivity index is 1.36. The average Bonchev–Trinajstić information content (AvgIpc) is 3.26. The lowest BCUT2D eigenvalue weighted by atomic mass is 9.95. The summed E-state index contributed by atoms with van der Waals surface area (Å²) in [7, 11) is 0.762. The molecule has 0 amide bonds. The highest BCUT2D eigenvalue weighted by molar-refractivity contribution is 6.39. The van der Waals surface area contributed by atoms with Crippen molar-refractivity contribution in [1.82, 2.24) is 24.0 Å². The third-order valence-electron chi connectivity index (χ3n) is 4.80. The highest BCUT2D eigenvalue weighted by Crippen LogP contribution is 2.27. The molecule has 0 radical (unpaired) electrons. The van der Waals surface area contributed by atoms with Crippen LogP contribution >= 0.6 is 0 Å². The molecule has 132 valence electrons. The number of aromatic nitrogens is 5. The normalized spacial score (nSPS) is 11.6. The Morgan fingerprint density at radius 2 is 1.63 bits per heavy atom. The van der Waals surface area contributed by atoms with E-state index in [2.05, 4.69) is 68.0 Å². The van der Waals surface area contributed by atoms with Gasteiger partial charge in [-0.1, -0.05) is 36.4 Å². The molecule has 0 spiro atoms. The third kappa shape index (κ3) is 2.62. The molecule has 0 bridgehead atoms. The van der Waals surface area contributed by atoms with Gasteiger partial charge in [-0.05, 0) is 12.1 Å². The van der Waals surface area contributed by atoms with E-state index in [1.807, 2.05) is 4.57 Å². The van der Waals surface area contributed by atoms with Crippen LogP contribution in [-0.2, 0) is 11.5 Å². The largest absolute Gasteiger partial charge is 0.387 e. The van der Waals surface area contributed by atoms with Crippen molar-refractivity contribution in [3.63, 3.8) is 0 Å². The Hall–Kier alpha value is -3.39. The van der Waals surface area contributed by atoms with Gasteiger partial charge in [0.1, 0.15) is 18.6 Å². The summed E-state index contributed by atoms with van der Waals surface area (Å²) < 4.78 is 10.0. The van der Waals surface area contributed by atoms with Crippen LogP contribution in [0.5, 0.6) is 0 Å². The molecule has 0 aliphatic heterocycles. The number of rotatable bonds is 5. The summed E-state index contributed by atoms with van der Waals surface area (Å²) in [6.45, 7) is 0.937. The minimum atomic E-state index is 0.365. The highest BCUT2D eigenvalue weighted by atomic mass is 16.5. The predicted octanol–water partition coefficient (Wildman–Crippen LogP) is 2.35. The fraction of sp³-hybridized carbons (Fsp3) is 0.105. The second kappa shape index (κ2) is 6.41. The average molecular weight is 356 g/mol. The summed E-state index contributed by atoms with van der Waals surface area (Å²) in [4.78, 5) is 12.4. The molecule has 0 saturated carbocycles. The van der Waals surface area contributed by atoms with Crippen LogP contribution in [0.3, 0.4) is 0 Å². The second-order valence-electron chi connectivity index (χ2n) is 6.37. The van der Waals surface area contributed by atoms with Crippen molar-refractivity contribution in [2.24, 2.45) is 0 Å². The van der Waals surface area contributed by atoms with Crippen molar-refractivity contribution in [1.29, 1.82) is 0 Å². The van der Waals surface area contributed by atoms with Crippen LogP contribution in [0.25, 0.3) is 33.0 Å².